The number of aryl methyl sites for hydroxylation is 1. The summed E-state index contributed by atoms with van der Waals surface area (Å²) in [4.78, 5) is 0.232. The van der Waals surface area contributed by atoms with E-state index in [0.717, 1.165) is 22.9 Å². The minimum absolute atomic E-state index is 0.0782. The largest absolute Gasteiger partial charge is 0.389 e. The van der Waals surface area contributed by atoms with Crippen LogP contribution in [-0.2, 0) is 10.0 Å². The van der Waals surface area contributed by atoms with Gasteiger partial charge in [0.05, 0.1) is 10.5 Å². The SMILES string of the molecule is Cc1cc(S(=O)(=O)NCC2(O)CCCC(C)C2)ccc1Br. The highest BCUT2D eigenvalue weighted by atomic mass is 79.9. The summed E-state index contributed by atoms with van der Waals surface area (Å²) in [5.74, 6) is 0.433. The van der Waals surface area contributed by atoms with Crippen LogP contribution in [-0.4, -0.2) is 25.7 Å². The molecule has 2 atom stereocenters. The van der Waals surface area contributed by atoms with Crippen LogP contribution in [0.15, 0.2) is 27.6 Å². The fraction of sp³-hybridized carbons (Fsp3) is 0.600. The van der Waals surface area contributed by atoms with E-state index in [0.29, 0.717) is 18.8 Å². The molecule has 21 heavy (non-hydrogen) atoms. The van der Waals surface area contributed by atoms with Crippen molar-refractivity contribution in [3.63, 3.8) is 0 Å². The molecular formula is C15H22BrNO3S. The molecule has 1 aromatic rings. The van der Waals surface area contributed by atoms with Crippen LogP contribution in [0.5, 0.6) is 0 Å². The van der Waals surface area contributed by atoms with Crippen molar-refractivity contribution in [2.45, 2.75) is 50.0 Å². The Bertz CT molecular complexity index is 617. The summed E-state index contributed by atoms with van der Waals surface area (Å²) in [6, 6.07) is 4.91. The van der Waals surface area contributed by atoms with Crippen LogP contribution in [0.25, 0.3) is 0 Å². The Labute approximate surface area is 135 Å². The van der Waals surface area contributed by atoms with E-state index in [9.17, 15) is 13.5 Å². The van der Waals surface area contributed by atoms with Crippen LogP contribution in [0, 0.1) is 12.8 Å². The molecule has 0 bridgehead atoms. The quantitative estimate of drug-likeness (QED) is 0.849. The van der Waals surface area contributed by atoms with Crippen molar-refractivity contribution in [1.29, 1.82) is 0 Å². The number of hydrogen-bond acceptors (Lipinski definition) is 3. The summed E-state index contributed by atoms with van der Waals surface area (Å²) in [6.07, 6.45) is 3.34. The lowest BCUT2D eigenvalue weighted by molar-refractivity contribution is -0.00751. The van der Waals surface area contributed by atoms with Gasteiger partial charge in [0, 0.05) is 11.0 Å². The lowest BCUT2D eigenvalue weighted by Gasteiger charge is -2.35. The first kappa shape index (κ1) is 16.9. The highest BCUT2D eigenvalue weighted by molar-refractivity contribution is 9.10. The van der Waals surface area contributed by atoms with E-state index in [2.05, 4.69) is 27.6 Å². The first-order chi connectivity index (χ1) is 9.72. The number of rotatable bonds is 4. The third-order valence-electron chi connectivity index (χ3n) is 4.10. The number of aliphatic hydroxyl groups is 1. The van der Waals surface area contributed by atoms with E-state index < -0.39 is 15.6 Å². The second-order valence-corrected chi connectivity index (χ2v) is 8.78. The molecule has 118 valence electrons. The minimum Gasteiger partial charge on any atom is -0.389 e. The topological polar surface area (TPSA) is 66.4 Å². The molecule has 0 heterocycles. The number of sulfonamides is 1. The van der Waals surface area contributed by atoms with Crippen molar-refractivity contribution in [1.82, 2.24) is 4.72 Å². The zero-order valence-electron chi connectivity index (χ0n) is 12.4. The van der Waals surface area contributed by atoms with Crippen molar-refractivity contribution in [2.75, 3.05) is 6.54 Å². The molecule has 1 saturated carbocycles. The fourth-order valence-corrected chi connectivity index (χ4v) is 4.34. The molecule has 1 aliphatic rings. The van der Waals surface area contributed by atoms with Crippen LogP contribution >= 0.6 is 15.9 Å². The molecule has 0 amide bonds. The minimum atomic E-state index is -3.59. The maximum absolute atomic E-state index is 12.3. The van der Waals surface area contributed by atoms with Gasteiger partial charge < -0.3 is 5.11 Å². The van der Waals surface area contributed by atoms with Gasteiger partial charge in [-0.1, -0.05) is 35.7 Å². The van der Waals surface area contributed by atoms with E-state index in [1.165, 1.54) is 0 Å². The van der Waals surface area contributed by atoms with Gasteiger partial charge in [-0.25, -0.2) is 13.1 Å². The fourth-order valence-electron chi connectivity index (χ4n) is 2.89. The maximum Gasteiger partial charge on any atom is 0.240 e. The van der Waals surface area contributed by atoms with Gasteiger partial charge in [-0.3, -0.25) is 0 Å². The van der Waals surface area contributed by atoms with Crippen LogP contribution < -0.4 is 4.72 Å². The normalized spacial score (nSPS) is 26.8. The van der Waals surface area contributed by atoms with Crippen LogP contribution in [0.2, 0.25) is 0 Å². The average molecular weight is 376 g/mol. The van der Waals surface area contributed by atoms with Crippen LogP contribution in [0.4, 0.5) is 0 Å². The average Bonchev–Trinajstić information content (AvgIpc) is 2.40. The lowest BCUT2D eigenvalue weighted by Crippen LogP contribution is -2.45. The number of benzene rings is 1. The highest BCUT2D eigenvalue weighted by Gasteiger charge is 2.33. The van der Waals surface area contributed by atoms with E-state index in [4.69, 9.17) is 0 Å². The van der Waals surface area contributed by atoms with Crippen molar-refractivity contribution in [3.05, 3.63) is 28.2 Å². The summed E-state index contributed by atoms with van der Waals surface area (Å²) in [5, 5.41) is 10.5. The molecule has 0 spiro atoms. The van der Waals surface area contributed by atoms with Gasteiger partial charge in [-0.15, -0.1) is 0 Å². The van der Waals surface area contributed by atoms with Gasteiger partial charge in [-0.2, -0.15) is 0 Å². The third-order valence-corrected chi connectivity index (χ3v) is 6.39. The Hall–Kier alpha value is -0.430. The zero-order chi connectivity index (χ0) is 15.7. The lowest BCUT2D eigenvalue weighted by atomic mass is 9.79. The maximum atomic E-state index is 12.3. The van der Waals surface area contributed by atoms with Gasteiger partial charge >= 0.3 is 0 Å². The van der Waals surface area contributed by atoms with Crippen molar-refractivity contribution in [2.24, 2.45) is 5.92 Å². The van der Waals surface area contributed by atoms with E-state index in [-0.39, 0.29) is 11.4 Å². The second kappa shape index (κ2) is 6.36. The highest BCUT2D eigenvalue weighted by Crippen LogP contribution is 2.32. The molecule has 2 unspecified atom stereocenters. The summed E-state index contributed by atoms with van der Waals surface area (Å²) >= 11 is 3.36. The van der Waals surface area contributed by atoms with Gasteiger partial charge in [0.1, 0.15) is 0 Å². The molecule has 0 aliphatic heterocycles. The van der Waals surface area contributed by atoms with Gasteiger partial charge in [0.15, 0.2) is 0 Å². The molecule has 2 N–H and O–H groups in total. The molecular weight excluding hydrogens is 354 g/mol. The van der Waals surface area contributed by atoms with E-state index in [1.807, 2.05) is 6.92 Å². The van der Waals surface area contributed by atoms with Crippen molar-refractivity contribution < 1.29 is 13.5 Å². The monoisotopic (exact) mass is 375 g/mol. The summed E-state index contributed by atoms with van der Waals surface area (Å²) in [7, 11) is -3.59. The Morgan fingerprint density at radius 3 is 2.81 bits per heavy atom. The first-order valence-corrected chi connectivity index (χ1v) is 9.48. The Balaban J connectivity index is 2.09. The molecule has 0 aromatic heterocycles. The zero-order valence-corrected chi connectivity index (χ0v) is 14.8. The van der Waals surface area contributed by atoms with Crippen molar-refractivity contribution in [3.8, 4) is 0 Å². The molecule has 1 aromatic carbocycles. The van der Waals surface area contributed by atoms with E-state index in [1.54, 1.807) is 18.2 Å². The predicted octanol–water partition coefficient (Wildman–Crippen LogP) is 2.98. The Kier molecular flexibility index (Phi) is 5.13. The van der Waals surface area contributed by atoms with Crippen molar-refractivity contribution >= 4 is 26.0 Å². The van der Waals surface area contributed by atoms with Gasteiger partial charge in [0.25, 0.3) is 0 Å². The van der Waals surface area contributed by atoms with Gasteiger partial charge in [-0.05, 0) is 49.4 Å². The molecule has 0 saturated heterocycles. The molecule has 2 rings (SSSR count). The summed E-state index contributed by atoms with van der Waals surface area (Å²) < 4.78 is 28.1. The third kappa shape index (κ3) is 4.28. The summed E-state index contributed by atoms with van der Waals surface area (Å²) in [6.45, 7) is 4.02. The molecule has 1 aliphatic carbocycles. The molecule has 4 nitrogen and oxygen atoms in total. The molecule has 6 heteroatoms. The number of hydrogen-bond donors (Lipinski definition) is 2. The van der Waals surface area contributed by atoms with Gasteiger partial charge in [0.2, 0.25) is 10.0 Å². The predicted molar refractivity (Wildman–Crippen MR) is 86.6 cm³/mol. The smallest absolute Gasteiger partial charge is 0.240 e. The molecule has 0 radical (unpaired) electrons. The Morgan fingerprint density at radius 2 is 2.19 bits per heavy atom. The first-order valence-electron chi connectivity index (χ1n) is 7.20. The van der Waals surface area contributed by atoms with Crippen LogP contribution in [0.3, 0.4) is 0 Å². The Morgan fingerprint density at radius 1 is 1.48 bits per heavy atom. The number of nitrogens with one attached hydrogen (secondary N) is 1. The second-order valence-electron chi connectivity index (χ2n) is 6.16. The number of halogens is 1. The standard InChI is InChI=1S/C15H22BrNO3S/c1-11-4-3-7-15(18,9-11)10-17-21(19,20)13-5-6-14(16)12(2)8-13/h5-6,8,11,17-18H,3-4,7,9-10H2,1-2H3. The summed E-state index contributed by atoms with van der Waals surface area (Å²) in [5.41, 5.74) is -0.0577. The van der Waals surface area contributed by atoms with Crippen LogP contribution in [0.1, 0.15) is 38.2 Å². The molecule has 1 fully saturated rings. The van der Waals surface area contributed by atoms with E-state index >= 15 is 0 Å².